The van der Waals surface area contributed by atoms with E-state index in [0.717, 1.165) is 11.6 Å². The lowest BCUT2D eigenvalue weighted by Gasteiger charge is -2.30. The van der Waals surface area contributed by atoms with Gasteiger partial charge in [0.15, 0.2) is 11.6 Å². The Labute approximate surface area is 189 Å². The van der Waals surface area contributed by atoms with Crippen LogP contribution < -0.4 is 11.1 Å². The fourth-order valence-electron chi connectivity index (χ4n) is 4.01. The number of nitrogens with two attached hydrogens (primary N) is 1. The van der Waals surface area contributed by atoms with E-state index >= 15 is 0 Å². The molecule has 2 atom stereocenters. The molecule has 1 aliphatic heterocycles. The molecule has 3 aromatic carbocycles. The molecule has 33 heavy (non-hydrogen) atoms. The number of amides is 2. The fourth-order valence-corrected chi connectivity index (χ4v) is 4.01. The Balaban J connectivity index is 1.60. The number of nitrogens with one attached hydrogen (secondary N) is 1. The molecule has 3 aromatic rings. The molecule has 0 aliphatic carbocycles. The molecular formula is C25H22F3N3O2. The lowest BCUT2D eigenvalue weighted by atomic mass is 10.00. The second kappa shape index (κ2) is 9.46. The maximum absolute atomic E-state index is 14.0. The Morgan fingerprint density at radius 3 is 2.42 bits per heavy atom. The van der Waals surface area contributed by atoms with Crippen LogP contribution in [0.3, 0.4) is 0 Å². The number of rotatable bonds is 5. The van der Waals surface area contributed by atoms with Crippen LogP contribution in [0.5, 0.6) is 0 Å². The third-order valence-corrected chi connectivity index (χ3v) is 5.62. The van der Waals surface area contributed by atoms with Crippen LogP contribution in [0.15, 0.2) is 66.7 Å². The zero-order chi connectivity index (χ0) is 23.5. The molecule has 1 aliphatic rings. The van der Waals surface area contributed by atoms with E-state index in [4.69, 9.17) is 5.73 Å². The van der Waals surface area contributed by atoms with Crippen LogP contribution in [-0.4, -0.2) is 22.8 Å². The molecular weight excluding hydrogens is 431 g/mol. The van der Waals surface area contributed by atoms with E-state index in [1.165, 1.54) is 4.90 Å². The molecule has 2 amide bonds. The van der Waals surface area contributed by atoms with Gasteiger partial charge in [-0.3, -0.25) is 9.59 Å². The monoisotopic (exact) mass is 453 g/mol. The summed E-state index contributed by atoms with van der Waals surface area (Å²) in [7, 11) is 0. The van der Waals surface area contributed by atoms with E-state index in [2.05, 4.69) is 5.32 Å². The van der Waals surface area contributed by atoms with Crippen LogP contribution in [0.4, 0.5) is 18.9 Å². The van der Waals surface area contributed by atoms with Crippen molar-refractivity contribution in [3.05, 3.63) is 101 Å². The first kappa shape index (κ1) is 22.5. The maximum atomic E-state index is 14.0. The molecule has 0 spiro atoms. The molecule has 5 nitrogen and oxygen atoms in total. The van der Waals surface area contributed by atoms with Crippen molar-refractivity contribution in [3.8, 4) is 0 Å². The van der Waals surface area contributed by atoms with Gasteiger partial charge in [-0.2, -0.15) is 0 Å². The number of carbonyl (C=O) groups excluding carboxylic acids is 2. The molecule has 0 bridgehead atoms. The first-order valence-corrected chi connectivity index (χ1v) is 10.5. The van der Waals surface area contributed by atoms with Crippen LogP contribution in [0.2, 0.25) is 0 Å². The van der Waals surface area contributed by atoms with Crippen molar-refractivity contribution in [3.63, 3.8) is 0 Å². The Hall–Kier alpha value is -3.65. The van der Waals surface area contributed by atoms with Gasteiger partial charge in [0, 0.05) is 30.8 Å². The number of para-hydroxylation sites is 1. The topological polar surface area (TPSA) is 75.4 Å². The number of anilines is 1. The third kappa shape index (κ3) is 4.90. The van der Waals surface area contributed by atoms with Crippen LogP contribution in [0.1, 0.15) is 29.2 Å². The molecule has 1 heterocycles. The summed E-state index contributed by atoms with van der Waals surface area (Å²) in [6.45, 7) is 0.166. The summed E-state index contributed by atoms with van der Waals surface area (Å²) in [6.07, 6.45) is -0.376. The molecule has 0 saturated carbocycles. The van der Waals surface area contributed by atoms with Gasteiger partial charge in [0.1, 0.15) is 11.9 Å². The highest BCUT2D eigenvalue weighted by Gasteiger charge is 2.35. The molecule has 8 heteroatoms. The van der Waals surface area contributed by atoms with Crippen molar-refractivity contribution in [2.45, 2.75) is 31.5 Å². The zero-order valence-electron chi connectivity index (χ0n) is 17.6. The second-order valence-corrected chi connectivity index (χ2v) is 8.01. The van der Waals surface area contributed by atoms with Crippen LogP contribution in [0, 0.1) is 17.5 Å². The van der Waals surface area contributed by atoms with Crippen molar-refractivity contribution in [1.29, 1.82) is 0 Å². The van der Waals surface area contributed by atoms with Crippen molar-refractivity contribution in [2.24, 2.45) is 5.73 Å². The van der Waals surface area contributed by atoms with Gasteiger partial charge in [0.2, 0.25) is 5.91 Å². The van der Waals surface area contributed by atoms with Crippen molar-refractivity contribution in [1.82, 2.24) is 4.90 Å². The summed E-state index contributed by atoms with van der Waals surface area (Å²) < 4.78 is 40.8. The largest absolute Gasteiger partial charge is 0.327 e. The highest BCUT2D eigenvalue weighted by Crippen LogP contribution is 2.31. The number of nitrogens with zero attached hydrogens (tertiary/aromatic N) is 1. The van der Waals surface area contributed by atoms with Crippen molar-refractivity contribution < 1.29 is 22.8 Å². The van der Waals surface area contributed by atoms with Crippen LogP contribution in [0.25, 0.3) is 0 Å². The van der Waals surface area contributed by atoms with Gasteiger partial charge < -0.3 is 16.0 Å². The van der Waals surface area contributed by atoms with Gasteiger partial charge >= 0.3 is 0 Å². The first-order chi connectivity index (χ1) is 15.8. The standard InChI is InChI=1S/C25H22F3N3O2/c26-19-13-21(28)20(27)11-17(19)10-18(29)12-23(32)31-14-16-8-4-5-9-22(16)30-25(33)24(31)15-6-2-1-3-7-15/h1-9,11,13,18,24H,10,12,14,29H2,(H,30,33)/t18-,24?/m1/s1. The molecule has 4 rings (SSSR count). The lowest BCUT2D eigenvalue weighted by molar-refractivity contribution is -0.139. The van der Waals surface area contributed by atoms with E-state index in [1.807, 2.05) is 18.2 Å². The molecule has 170 valence electrons. The third-order valence-electron chi connectivity index (χ3n) is 5.62. The predicted molar refractivity (Wildman–Crippen MR) is 117 cm³/mol. The lowest BCUT2D eigenvalue weighted by Crippen LogP contribution is -2.41. The van der Waals surface area contributed by atoms with E-state index < -0.39 is 35.4 Å². The summed E-state index contributed by atoms with van der Waals surface area (Å²) in [6, 6.07) is 15.5. The molecule has 0 aromatic heterocycles. The number of fused-ring (bicyclic) bond motifs is 1. The molecule has 0 radical (unpaired) electrons. The Morgan fingerprint density at radius 1 is 1.00 bits per heavy atom. The second-order valence-electron chi connectivity index (χ2n) is 8.01. The Kier molecular flexibility index (Phi) is 6.46. The Morgan fingerprint density at radius 2 is 1.67 bits per heavy atom. The van der Waals surface area contributed by atoms with Crippen LogP contribution in [-0.2, 0) is 22.6 Å². The zero-order valence-corrected chi connectivity index (χ0v) is 17.6. The number of benzene rings is 3. The minimum atomic E-state index is -1.29. The van der Waals surface area contributed by atoms with Gasteiger partial charge in [-0.1, -0.05) is 48.5 Å². The number of hydrogen-bond acceptors (Lipinski definition) is 3. The van der Waals surface area contributed by atoms with Gasteiger partial charge in [-0.15, -0.1) is 0 Å². The SMILES string of the molecule is N[C@@H](CC(=O)N1Cc2ccccc2NC(=O)C1c1ccccc1)Cc1cc(F)c(F)cc1F. The van der Waals surface area contributed by atoms with Crippen molar-refractivity contribution >= 4 is 17.5 Å². The molecule has 0 fully saturated rings. The van der Waals surface area contributed by atoms with Gasteiger partial charge in [-0.05, 0) is 35.2 Å². The summed E-state index contributed by atoms with van der Waals surface area (Å²) >= 11 is 0. The van der Waals surface area contributed by atoms with E-state index in [9.17, 15) is 22.8 Å². The van der Waals surface area contributed by atoms with Crippen molar-refractivity contribution in [2.75, 3.05) is 5.32 Å². The van der Waals surface area contributed by atoms with Gasteiger partial charge in [-0.25, -0.2) is 13.2 Å². The minimum absolute atomic E-state index is 0.118. The summed E-state index contributed by atoms with van der Waals surface area (Å²) in [5.74, 6) is -4.18. The molecule has 0 saturated heterocycles. The first-order valence-electron chi connectivity index (χ1n) is 10.5. The highest BCUT2D eigenvalue weighted by molar-refractivity contribution is 5.99. The molecule has 3 N–H and O–H groups in total. The van der Waals surface area contributed by atoms with E-state index in [-0.39, 0.29) is 30.9 Å². The highest BCUT2D eigenvalue weighted by atomic mass is 19.2. The van der Waals surface area contributed by atoms with Crippen LogP contribution >= 0.6 is 0 Å². The summed E-state index contributed by atoms with van der Waals surface area (Å²) in [5.41, 5.74) is 7.99. The molecule has 1 unspecified atom stereocenters. The predicted octanol–water partition coefficient (Wildman–Crippen LogP) is 4.09. The fraction of sp³-hybridized carbons (Fsp3) is 0.200. The summed E-state index contributed by atoms with van der Waals surface area (Å²) in [4.78, 5) is 27.9. The van der Waals surface area contributed by atoms with Gasteiger partial charge in [0.05, 0.1) is 0 Å². The average Bonchev–Trinajstić information content (AvgIpc) is 2.93. The van der Waals surface area contributed by atoms with E-state index in [0.29, 0.717) is 17.3 Å². The minimum Gasteiger partial charge on any atom is -0.327 e. The summed E-state index contributed by atoms with van der Waals surface area (Å²) in [5, 5.41) is 2.88. The number of hydrogen-bond donors (Lipinski definition) is 2. The maximum Gasteiger partial charge on any atom is 0.251 e. The smallest absolute Gasteiger partial charge is 0.251 e. The quantitative estimate of drug-likeness (QED) is 0.572. The van der Waals surface area contributed by atoms with E-state index in [1.54, 1.807) is 36.4 Å². The van der Waals surface area contributed by atoms with Gasteiger partial charge in [0.25, 0.3) is 5.91 Å². The normalized spacial score (nSPS) is 16.5. The number of halogens is 3. The average molecular weight is 453 g/mol. The number of carbonyl (C=O) groups is 2. The Bertz CT molecular complexity index is 1190.